The second-order valence-corrected chi connectivity index (χ2v) is 7.97. The molecule has 0 spiro atoms. The lowest BCUT2D eigenvalue weighted by atomic mass is 10.1. The van der Waals surface area contributed by atoms with Crippen LogP contribution < -0.4 is 4.74 Å². The third kappa shape index (κ3) is 5.60. The van der Waals surface area contributed by atoms with E-state index in [1.165, 1.54) is 23.9 Å². The highest BCUT2D eigenvalue weighted by Gasteiger charge is 2.19. The van der Waals surface area contributed by atoms with Crippen LogP contribution in [0.5, 0.6) is 5.75 Å². The number of rotatable bonds is 8. The van der Waals surface area contributed by atoms with Crippen LogP contribution in [0.2, 0.25) is 0 Å². The molecule has 8 heteroatoms. The standard InChI is InChI=1S/C22H24FN3O3S/c1-14-5-6-15(2)19(11-14)28-12-20-24-25-22(29-20)30-13-21(27)26(4)16(3)17-7-9-18(23)10-8-17/h5-11,16H,12-13H2,1-4H3. The summed E-state index contributed by atoms with van der Waals surface area (Å²) in [5.74, 6) is 0.877. The monoisotopic (exact) mass is 429 g/mol. The Kier molecular flexibility index (Phi) is 7.10. The molecule has 0 aliphatic rings. The van der Waals surface area contributed by atoms with Crippen molar-refractivity contribution in [3.05, 3.63) is 70.9 Å². The van der Waals surface area contributed by atoms with Gasteiger partial charge in [-0.3, -0.25) is 4.79 Å². The number of thioether (sulfide) groups is 1. The maximum atomic E-state index is 13.1. The van der Waals surface area contributed by atoms with Gasteiger partial charge in [-0.2, -0.15) is 0 Å². The summed E-state index contributed by atoms with van der Waals surface area (Å²) < 4.78 is 24.4. The van der Waals surface area contributed by atoms with E-state index in [2.05, 4.69) is 10.2 Å². The van der Waals surface area contributed by atoms with Gasteiger partial charge in [-0.15, -0.1) is 10.2 Å². The molecular formula is C22H24FN3O3S. The Hall–Kier alpha value is -2.87. The highest BCUT2D eigenvalue weighted by Crippen LogP contribution is 2.23. The van der Waals surface area contributed by atoms with E-state index in [1.54, 1.807) is 24.1 Å². The summed E-state index contributed by atoms with van der Waals surface area (Å²) in [5, 5.41) is 8.25. The molecular weight excluding hydrogens is 405 g/mol. The molecule has 6 nitrogen and oxygen atoms in total. The minimum atomic E-state index is -0.302. The Balaban J connectivity index is 1.51. The van der Waals surface area contributed by atoms with E-state index in [4.69, 9.17) is 9.15 Å². The Morgan fingerprint density at radius 1 is 1.20 bits per heavy atom. The quantitative estimate of drug-likeness (QED) is 0.483. The number of carbonyl (C=O) groups is 1. The van der Waals surface area contributed by atoms with E-state index in [1.807, 2.05) is 39.0 Å². The zero-order valence-electron chi connectivity index (χ0n) is 17.4. The molecule has 1 atom stereocenters. The molecule has 0 fully saturated rings. The van der Waals surface area contributed by atoms with Gasteiger partial charge in [-0.1, -0.05) is 36.0 Å². The third-order valence-corrected chi connectivity index (χ3v) is 5.59. The van der Waals surface area contributed by atoms with Crippen LogP contribution in [-0.4, -0.2) is 33.8 Å². The highest BCUT2D eigenvalue weighted by atomic mass is 32.2. The van der Waals surface area contributed by atoms with Crippen molar-refractivity contribution in [2.75, 3.05) is 12.8 Å². The molecule has 0 aliphatic heterocycles. The number of aryl methyl sites for hydroxylation is 2. The Bertz CT molecular complexity index is 1010. The molecule has 1 heterocycles. The SMILES string of the molecule is Cc1ccc(C)c(OCc2nnc(SCC(=O)N(C)C(C)c3ccc(F)cc3)o2)c1. The number of nitrogens with zero attached hydrogens (tertiary/aromatic N) is 3. The largest absolute Gasteiger partial charge is 0.484 e. The molecule has 1 amide bonds. The summed E-state index contributed by atoms with van der Waals surface area (Å²) in [4.78, 5) is 14.1. The van der Waals surface area contributed by atoms with Gasteiger partial charge >= 0.3 is 0 Å². The predicted molar refractivity (Wildman–Crippen MR) is 113 cm³/mol. The van der Waals surface area contributed by atoms with Crippen LogP contribution in [0, 0.1) is 19.7 Å². The van der Waals surface area contributed by atoms with Crippen LogP contribution >= 0.6 is 11.8 Å². The van der Waals surface area contributed by atoms with Crippen molar-refractivity contribution in [2.24, 2.45) is 0 Å². The van der Waals surface area contributed by atoms with Gasteiger partial charge in [0.25, 0.3) is 11.1 Å². The predicted octanol–water partition coefficient (Wildman–Crippen LogP) is 4.72. The van der Waals surface area contributed by atoms with Crippen molar-refractivity contribution >= 4 is 17.7 Å². The van der Waals surface area contributed by atoms with E-state index in [0.717, 1.165) is 22.4 Å². The van der Waals surface area contributed by atoms with Gasteiger partial charge < -0.3 is 14.1 Å². The van der Waals surface area contributed by atoms with Crippen molar-refractivity contribution in [3.8, 4) is 5.75 Å². The summed E-state index contributed by atoms with van der Waals surface area (Å²) >= 11 is 1.17. The first-order chi connectivity index (χ1) is 14.3. The fraction of sp³-hybridized carbons (Fsp3) is 0.318. The molecule has 30 heavy (non-hydrogen) atoms. The molecule has 0 aliphatic carbocycles. The smallest absolute Gasteiger partial charge is 0.277 e. The third-order valence-electron chi connectivity index (χ3n) is 4.79. The fourth-order valence-electron chi connectivity index (χ4n) is 2.76. The first kappa shape index (κ1) is 21.8. The molecule has 1 aromatic heterocycles. The molecule has 0 bridgehead atoms. The van der Waals surface area contributed by atoms with Crippen molar-refractivity contribution in [1.29, 1.82) is 0 Å². The van der Waals surface area contributed by atoms with Gasteiger partial charge in [-0.05, 0) is 55.7 Å². The lowest BCUT2D eigenvalue weighted by molar-refractivity contribution is -0.128. The van der Waals surface area contributed by atoms with Gasteiger partial charge in [0.2, 0.25) is 5.91 Å². The van der Waals surface area contributed by atoms with Crippen molar-refractivity contribution in [1.82, 2.24) is 15.1 Å². The normalized spacial score (nSPS) is 11.9. The molecule has 0 N–H and O–H groups in total. The van der Waals surface area contributed by atoms with Crippen LogP contribution in [0.15, 0.2) is 52.1 Å². The Morgan fingerprint density at radius 3 is 2.67 bits per heavy atom. The highest BCUT2D eigenvalue weighted by molar-refractivity contribution is 7.99. The molecule has 3 aromatic rings. The van der Waals surface area contributed by atoms with Crippen molar-refractivity contribution < 1.29 is 18.3 Å². The molecule has 158 valence electrons. The first-order valence-electron chi connectivity index (χ1n) is 9.50. The maximum Gasteiger partial charge on any atom is 0.277 e. The fourth-order valence-corrected chi connectivity index (χ4v) is 3.47. The Morgan fingerprint density at radius 2 is 1.93 bits per heavy atom. The van der Waals surface area contributed by atoms with Gasteiger partial charge in [-0.25, -0.2) is 4.39 Å². The second kappa shape index (κ2) is 9.75. The zero-order valence-corrected chi connectivity index (χ0v) is 18.2. The summed E-state index contributed by atoms with van der Waals surface area (Å²) in [6.45, 7) is 6.02. The minimum absolute atomic E-state index is 0.0942. The lowest BCUT2D eigenvalue weighted by Gasteiger charge is -2.25. The number of carbonyl (C=O) groups excluding carboxylic acids is 1. The average Bonchev–Trinajstić information content (AvgIpc) is 3.20. The number of hydrogen-bond donors (Lipinski definition) is 0. The van der Waals surface area contributed by atoms with E-state index in [0.29, 0.717) is 11.1 Å². The number of ether oxygens (including phenoxy) is 1. The zero-order chi connectivity index (χ0) is 21.7. The molecule has 2 aromatic carbocycles. The Labute approximate surface area is 179 Å². The molecule has 0 saturated heterocycles. The number of benzene rings is 2. The second-order valence-electron chi connectivity index (χ2n) is 7.04. The van der Waals surface area contributed by atoms with E-state index in [-0.39, 0.29) is 30.1 Å². The number of amides is 1. The molecule has 1 unspecified atom stereocenters. The van der Waals surface area contributed by atoms with E-state index < -0.39 is 0 Å². The minimum Gasteiger partial charge on any atom is -0.484 e. The van der Waals surface area contributed by atoms with Crippen molar-refractivity contribution in [3.63, 3.8) is 0 Å². The van der Waals surface area contributed by atoms with E-state index >= 15 is 0 Å². The average molecular weight is 430 g/mol. The molecule has 0 radical (unpaired) electrons. The maximum absolute atomic E-state index is 13.1. The van der Waals surface area contributed by atoms with Crippen LogP contribution in [0.25, 0.3) is 0 Å². The molecule has 0 saturated carbocycles. The topological polar surface area (TPSA) is 68.5 Å². The van der Waals surface area contributed by atoms with Gasteiger partial charge in [0.1, 0.15) is 11.6 Å². The van der Waals surface area contributed by atoms with Crippen LogP contribution in [0.1, 0.15) is 35.5 Å². The van der Waals surface area contributed by atoms with Gasteiger partial charge in [0.05, 0.1) is 11.8 Å². The summed E-state index contributed by atoms with van der Waals surface area (Å²) in [6, 6.07) is 11.9. The number of hydrogen-bond acceptors (Lipinski definition) is 6. The number of aromatic nitrogens is 2. The summed E-state index contributed by atoms with van der Waals surface area (Å²) in [5.41, 5.74) is 2.99. The lowest BCUT2D eigenvalue weighted by Crippen LogP contribution is -2.31. The number of halogens is 1. The van der Waals surface area contributed by atoms with Crippen LogP contribution in [0.4, 0.5) is 4.39 Å². The van der Waals surface area contributed by atoms with E-state index in [9.17, 15) is 9.18 Å². The molecule has 3 rings (SSSR count). The van der Waals surface area contributed by atoms with Gasteiger partial charge in [0.15, 0.2) is 6.61 Å². The summed E-state index contributed by atoms with van der Waals surface area (Å²) in [6.07, 6.45) is 0. The summed E-state index contributed by atoms with van der Waals surface area (Å²) in [7, 11) is 1.72. The first-order valence-corrected chi connectivity index (χ1v) is 10.5. The van der Waals surface area contributed by atoms with Crippen LogP contribution in [-0.2, 0) is 11.4 Å². The van der Waals surface area contributed by atoms with Crippen LogP contribution in [0.3, 0.4) is 0 Å². The van der Waals surface area contributed by atoms with Gasteiger partial charge in [0, 0.05) is 7.05 Å². The van der Waals surface area contributed by atoms with Crippen molar-refractivity contribution in [2.45, 2.75) is 38.6 Å².